The lowest BCUT2D eigenvalue weighted by Crippen LogP contribution is -2.45. The van der Waals surface area contributed by atoms with E-state index in [0.717, 1.165) is 71.7 Å². The van der Waals surface area contributed by atoms with Crippen LogP contribution in [0.1, 0.15) is 34.3 Å². The van der Waals surface area contributed by atoms with E-state index < -0.39 is 0 Å². The monoisotopic (exact) mass is 648 g/mol. The summed E-state index contributed by atoms with van der Waals surface area (Å²) in [6.07, 6.45) is 2.52. The van der Waals surface area contributed by atoms with E-state index in [1.54, 1.807) is 30.3 Å². The van der Waals surface area contributed by atoms with Gasteiger partial charge in [0.15, 0.2) is 11.5 Å². The number of aromatic nitrogens is 2. The highest BCUT2D eigenvalue weighted by Gasteiger charge is 2.22. The minimum absolute atomic E-state index is 0.0367. The average Bonchev–Trinajstić information content (AvgIpc) is 3.10. The zero-order chi connectivity index (χ0) is 33.6. The summed E-state index contributed by atoms with van der Waals surface area (Å²) in [6, 6.07) is 24.3. The molecule has 0 atom stereocenters. The number of rotatable bonds is 7. The van der Waals surface area contributed by atoms with Crippen molar-refractivity contribution in [3.8, 4) is 11.5 Å². The van der Waals surface area contributed by atoms with E-state index in [4.69, 9.17) is 9.47 Å². The molecule has 7 rings (SSSR count). The number of aryl methyl sites for hydroxylation is 2. The SMILES string of the molecule is Cc1ccc2ccc(=O)n(CC=O)c2c1.Cc1ccc2ccc(=O)n(CCN3CCC(NC(=O)c4ccc5c(c4)OCCO5)CC3)c2c1. The molecule has 5 aromatic rings. The molecule has 2 aliphatic heterocycles. The Morgan fingerprint density at radius 1 is 0.750 bits per heavy atom. The molecule has 2 aromatic heterocycles. The second kappa shape index (κ2) is 14.7. The zero-order valence-corrected chi connectivity index (χ0v) is 27.3. The molecule has 2 aliphatic rings. The van der Waals surface area contributed by atoms with Crippen LogP contribution in [0.4, 0.5) is 0 Å². The lowest BCUT2D eigenvalue weighted by atomic mass is 10.0. The van der Waals surface area contributed by atoms with Crippen LogP contribution in [0.25, 0.3) is 21.8 Å². The van der Waals surface area contributed by atoms with Crippen molar-refractivity contribution < 1.29 is 19.1 Å². The van der Waals surface area contributed by atoms with Gasteiger partial charge in [0.05, 0.1) is 17.6 Å². The van der Waals surface area contributed by atoms with E-state index in [-0.39, 0.29) is 29.6 Å². The number of carbonyl (C=O) groups excluding carboxylic acids is 2. The molecule has 0 spiro atoms. The molecule has 0 bridgehead atoms. The Labute approximate surface area is 278 Å². The fraction of sp³-hybridized carbons (Fsp3) is 0.316. The molecule has 0 unspecified atom stereocenters. The Morgan fingerprint density at radius 2 is 1.33 bits per heavy atom. The van der Waals surface area contributed by atoms with Crippen LogP contribution in [0.5, 0.6) is 11.5 Å². The van der Waals surface area contributed by atoms with Crippen LogP contribution in [0.15, 0.2) is 88.5 Å². The topological polar surface area (TPSA) is 112 Å². The second-order valence-electron chi connectivity index (χ2n) is 12.3. The molecule has 0 aliphatic carbocycles. The largest absolute Gasteiger partial charge is 0.486 e. The Morgan fingerprint density at radius 3 is 1.98 bits per heavy atom. The summed E-state index contributed by atoms with van der Waals surface area (Å²) in [7, 11) is 0. The Bertz CT molecular complexity index is 2080. The molecule has 4 heterocycles. The Hall–Kier alpha value is -5.22. The Balaban J connectivity index is 0.000000223. The molecule has 1 fully saturated rings. The van der Waals surface area contributed by atoms with Gasteiger partial charge in [-0.3, -0.25) is 14.4 Å². The minimum atomic E-state index is -0.139. The highest BCUT2D eigenvalue weighted by atomic mass is 16.6. The van der Waals surface area contributed by atoms with Crippen molar-refractivity contribution in [3.05, 3.63) is 116 Å². The lowest BCUT2D eigenvalue weighted by Gasteiger charge is -2.32. The maximum absolute atomic E-state index is 12.7. The van der Waals surface area contributed by atoms with Gasteiger partial charge < -0.3 is 33.6 Å². The molecule has 48 heavy (non-hydrogen) atoms. The number of aldehydes is 1. The molecule has 248 valence electrons. The third-order valence-corrected chi connectivity index (χ3v) is 8.92. The normalized spacial score (nSPS) is 14.7. The minimum Gasteiger partial charge on any atom is -0.486 e. The quantitative estimate of drug-likeness (QED) is 0.259. The van der Waals surface area contributed by atoms with Crippen molar-refractivity contribution >= 4 is 34.0 Å². The molecule has 1 amide bonds. The summed E-state index contributed by atoms with van der Waals surface area (Å²) < 4.78 is 14.5. The Kier molecular flexibility index (Phi) is 10.0. The number of piperidine rings is 1. The molecular weight excluding hydrogens is 608 g/mol. The van der Waals surface area contributed by atoms with Gasteiger partial charge >= 0.3 is 0 Å². The zero-order valence-electron chi connectivity index (χ0n) is 27.3. The summed E-state index contributed by atoms with van der Waals surface area (Å²) in [5.41, 5.74) is 4.52. The van der Waals surface area contributed by atoms with Crippen molar-refractivity contribution in [2.75, 3.05) is 32.8 Å². The van der Waals surface area contributed by atoms with E-state index in [0.29, 0.717) is 36.8 Å². The number of pyridine rings is 2. The van der Waals surface area contributed by atoms with Crippen LogP contribution in [-0.4, -0.2) is 65.1 Å². The predicted octanol–water partition coefficient (Wildman–Crippen LogP) is 4.48. The first-order chi connectivity index (χ1) is 23.3. The highest BCUT2D eigenvalue weighted by Crippen LogP contribution is 2.30. The van der Waals surface area contributed by atoms with Gasteiger partial charge in [-0.2, -0.15) is 0 Å². The van der Waals surface area contributed by atoms with E-state index in [2.05, 4.69) is 28.4 Å². The van der Waals surface area contributed by atoms with Crippen molar-refractivity contribution in [2.24, 2.45) is 0 Å². The van der Waals surface area contributed by atoms with Gasteiger partial charge in [0, 0.05) is 49.9 Å². The predicted molar refractivity (Wildman–Crippen MR) is 186 cm³/mol. The van der Waals surface area contributed by atoms with Crippen LogP contribution in [0.3, 0.4) is 0 Å². The number of hydrogen-bond acceptors (Lipinski definition) is 7. The van der Waals surface area contributed by atoms with Gasteiger partial charge in [-0.1, -0.05) is 24.3 Å². The summed E-state index contributed by atoms with van der Waals surface area (Å²) in [4.78, 5) is 49.6. The smallest absolute Gasteiger partial charge is 0.251 e. The van der Waals surface area contributed by atoms with Crippen LogP contribution >= 0.6 is 0 Å². The van der Waals surface area contributed by atoms with Crippen molar-refractivity contribution in [1.82, 2.24) is 19.4 Å². The van der Waals surface area contributed by atoms with E-state index >= 15 is 0 Å². The van der Waals surface area contributed by atoms with Crippen LogP contribution < -0.4 is 25.9 Å². The second-order valence-corrected chi connectivity index (χ2v) is 12.3. The molecular formula is C38H40N4O6. The molecule has 1 saturated heterocycles. The number of nitrogens with one attached hydrogen (secondary N) is 1. The molecule has 0 radical (unpaired) electrons. The van der Waals surface area contributed by atoms with Gasteiger partial charge in [-0.15, -0.1) is 0 Å². The highest BCUT2D eigenvalue weighted by molar-refractivity contribution is 5.95. The van der Waals surface area contributed by atoms with E-state index in [9.17, 15) is 19.2 Å². The number of amides is 1. The summed E-state index contributed by atoms with van der Waals surface area (Å²) in [6.45, 7) is 8.42. The fourth-order valence-electron chi connectivity index (χ4n) is 6.29. The van der Waals surface area contributed by atoms with Gasteiger partial charge in [0.25, 0.3) is 17.0 Å². The van der Waals surface area contributed by atoms with Crippen molar-refractivity contribution in [2.45, 2.75) is 45.8 Å². The van der Waals surface area contributed by atoms with Crippen LogP contribution in [0.2, 0.25) is 0 Å². The van der Waals surface area contributed by atoms with Crippen LogP contribution in [-0.2, 0) is 17.9 Å². The van der Waals surface area contributed by atoms with Crippen LogP contribution in [0, 0.1) is 13.8 Å². The first-order valence-corrected chi connectivity index (χ1v) is 16.4. The molecule has 0 saturated carbocycles. The summed E-state index contributed by atoms with van der Waals surface area (Å²) >= 11 is 0. The summed E-state index contributed by atoms with van der Waals surface area (Å²) in [5, 5.41) is 5.22. The third-order valence-electron chi connectivity index (χ3n) is 8.92. The summed E-state index contributed by atoms with van der Waals surface area (Å²) in [5.74, 6) is 1.23. The number of nitrogens with zero attached hydrogens (tertiary/aromatic N) is 3. The molecule has 1 N–H and O–H groups in total. The maximum Gasteiger partial charge on any atom is 0.251 e. The van der Waals surface area contributed by atoms with Crippen molar-refractivity contribution in [3.63, 3.8) is 0 Å². The standard InChI is InChI=1S/C26H29N3O4.C12H11NO2/c1-18-2-3-19-5-7-25(30)29(22(19)16-18)13-12-28-10-8-21(9-11-28)27-26(31)20-4-6-23-24(17-20)33-15-14-32-23;1-9-2-3-10-4-5-12(15)13(6-7-14)11(10)8-9/h2-7,16-17,21H,8-15H2,1H3,(H,27,31);2-5,7-8H,6H2,1H3. The van der Waals surface area contributed by atoms with Gasteiger partial charge in [-0.05, 0) is 91.1 Å². The lowest BCUT2D eigenvalue weighted by molar-refractivity contribution is -0.108. The number of hydrogen-bond donors (Lipinski definition) is 1. The van der Waals surface area contributed by atoms with E-state index in [1.165, 1.54) is 10.6 Å². The average molecular weight is 649 g/mol. The fourth-order valence-corrected chi connectivity index (χ4v) is 6.29. The van der Waals surface area contributed by atoms with Crippen molar-refractivity contribution in [1.29, 1.82) is 0 Å². The van der Waals surface area contributed by atoms with E-state index in [1.807, 2.05) is 42.7 Å². The number of fused-ring (bicyclic) bond motifs is 3. The van der Waals surface area contributed by atoms with Gasteiger partial charge in [0.1, 0.15) is 19.5 Å². The number of ether oxygens (including phenoxy) is 2. The first-order valence-electron chi connectivity index (χ1n) is 16.4. The molecule has 3 aromatic carbocycles. The maximum atomic E-state index is 12.7. The van der Waals surface area contributed by atoms with Gasteiger partial charge in [0.2, 0.25) is 0 Å². The number of carbonyl (C=O) groups is 2. The third kappa shape index (κ3) is 7.50. The number of likely N-dealkylation sites (tertiary alicyclic amines) is 1. The molecule has 10 nitrogen and oxygen atoms in total. The molecule has 10 heteroatoms. The number of benzene rings is 3. The first kappa shape index (κ1) is 32.7. The van der Waals surface area contributed by atoms with Gasteiger partial charge in [-0.25, -0.2) is 0 Å².